The summed E-state index contributed by atoms with van der Waals surface area (Å²) in [5.74, 6) is 0.783. The molecular weight excluding hydrogens is 216 g/mol. The third-order valence-electron chi connectivity index (χ3n) is 2.63. The number of nitrogens with two attached hydrogens (primary N) is 1. The van der Waals surface area contributed by atoms with Crippen molar-refractivity contribution in [2.24, 2.45) is 5.73 Å². The molecule has 0 aliphatic heterocycles. The first-order valence-corrected chi connectivity index (χ1v) is 5.71. The van der Waals surface area contributed by atoms with E-state index in [1.54, 1.807) is 12.0 Å². The maximum absolute atomic E-state index is 11.7. The molecule has 0 bridgehead atoms. The first-order valence-electron chi connectivity index (χ1n) is 5.71. The predicted molar refractivity (Wildman–Crippen MR) is 67.7 cm³/mol. The second-order valence-electron chi connectivity index (χ2n) is 4.17. The Labute approximate surface area is 102 Å². The van der Waals surface area contributed by atoms with E-state index in [0.717, 1.165) is 11.3 Å². The molecule has 0 spiro atoms. The summed E-state index contributed by atoms with van der Waals surface area (Å²) in [6.45, 7) is 4.60. The van der Waals surface area contributed by atoms with Crippen LogP contribution in [0.1, 0.15) is 19.4 Å². The molecule has 2 N–H and O–H groups in total. The lowest BCUT2D eigenvalue weighted by Gasteiger charge is -2.26. The number of carbonyl (C=O) groups excluding carboxylic acids is 1. The van der Waals surface area contributed by atoms with Crippen molar-refractivity contribution in [3.63, 3.8) is 0 Å². The van der Waals surface area contributed by atoms with Crippen LogP contribution in [0.5, 0.6) is 5.75 Å². The Morgan fingerprint density at radius 2 is 1.94 bits per heavy atom. The first kappa shape index (κ1) is 13.5. The van der Waals surface area contributed by atoms with Gasteiger partial charge in [0.05, 0.1) is 13.7 Å². The van der Waals surface area contributed by atoms with E-state index in [2.05, 4.69) is 0 Å². The Balaban J connectivity index is 2.75. The van der Waals surface area contributed by atoms with Crippen LogP contribution in [0.4, 0.5) is 0 Å². The second-order valence-corrected chi connectivity index (χ2v) is 4.17. The number of ether oxygens (including phenoxy) is 1. The molecule has 1 aromatic carbocycles. The first-order chi connectivity index (χ1) is 8.08. The smallest absolute Gasteiger partial charge is 0.236 e. The summed E-state index contributed by atoms with van der Waals surface area (Å²) in [4.78, 5) is 13.4. The highest BCUT2D eigenvalue weighted by Crippen LogP contribution is 2.14. The number of benzene rings is 1. The molecule has 0 saturated carbocycles. The van der Waals surface area contributed by atoms with Crippen molar-refractivity contribution >= 4 is 5.91 Å². The molecule has 4 nitrogen and oxygen atoms in total. The summed E-state index contributed by atoms with van der Waals surface area (Å²) in [7, 11) is 1.63. The van der Waals surface area contributed by atoms with Crippen LogP contribution in [-0.4, -0.2) is 30.5 Å². The Hall–Kier alpha value is -1.55. The minimum absolute atomic E-state index is 0.0316. The molecule has 0 aliphatic carbocycles. The molecular formula is C13H20N2O2. The number of hydrogen-bond donors (Lipinski definition) is 1. The molecule has 0 radical (unpaired) electrons. The fourth-order valence-corrected chi connectivity index (χ4v) is 1.60. The maximum atomic E-state index is 11.7. The standard InChI is InChI=1S/C13H20N2O2/c1-10(2)15(13(16)8-14)9-11-4-6-12(17-3)7-5-11/h4-7,10H,8-9,14H2,1-3H3. The average Bonchev–Trinajstić information content (AvgIpc) is 2.35. The largest absolute Gasteiger partial charge is 0.497 e. The van der Waals surface area contributed by atoms with Crippen molar-refractivity contribution in [1.29, 1.82) is 0 Å². The van der Waals surface area contributed by atoms with Crippen LogP contribution in [0.25, 0.3) is 0 Å². The van der Waals surface area contributed by atoms with E-state index in [4.69, 9.17) is 10.5 Å². The van der Waals surface area contributed by atoms with Crippen molar-refractivity contribution in [3.8, 4) is 5.75 Å². The van der Waals surface area contributed by atoms with Gasteiger partial charge >= 0.3 is 0 Å². The molecule has 0 heterocycles. The lowest BCUT2D eigenvalue weighted by atomic mass is 10.2. The van der Waals surface area contributed by atoms with Crippen molar-refractivity contribution in [2.45, 2.75) is 26.4 Å². The van der Waals surface area contributed by atoms with Gasteiger partial charge in [0, 0.05) is 12.6 Å². The maximum Gasteiger partial charge on any atom is 0.236 e. The number of nitrogens with zero attached hydrogens (tertiary/aromatic N) is 1. The molecule has 4 heteroatoms. The average molecular weight is 236 g/mol. The second kappa shape index (κ2) is 6.25. The van der Waals surface area contributed by atoms with E-state index in [-0.39, 0.29) is 18.5 Å². The molecule has 1 rings (SSSR count). The van der Waals surface area contributed by atoms with Crippen molar-refractivity contribution in [3.05, 3.63) is 29.8 Å². The zero-order valence-corrected chi connectivity index (χ0v) is 10.6. The minimum Gasteiger partial charge on any atom is -0.497 e. The molecule has 0 aliphatic rings. The van der Waals surface area contributed by atoms with Gasteiger partial charge < -0.3 is 15.4 Å². The number of methoxy groups -OCH3 is 1. The lowest BCUT2D eigenvalue weighted by Crippen LogP contribution is -2.40. The van der Waals surface area contributed by atoms with Crippen LogP contribution >= 0.6 is 0 Å². The third-order valence-corrected chi connectivity index (χ3v) is 2.63. The third kappa shape index (κ3) is 3.75. The van der Waals surface area contributed by atoms with Crippen LogP contribution in [-0.2, 0) is 11.3 Å². The monoisotopic (exact) mass is 236 g/mol. The van der Waals surface area contributed by atoms with E-state index in [1.807, 2.05) is 38.1 Å². The Kier molecular flexibility index (Phi) is 4.97. The summed E-state index contributed by atoms with van der Waals surface area (Å²) in [6, 6.07) is 7.84. The molecule has 94 valence electrons. The van der Waals surface area contributed by atoms with Gasteiger partial charge in [-0.05, 0) is 31.5 Å². The van der Waals surface area contributed by atoms with Gasteiger partial charge in [0.2, 0.25) is 5.91 Å². The molecule has 0 atom stereocenters. The van der Waals surface area contributed by atoms with E-state index in [0.29, 0.717) is 6.54 Å². The quantitative estimate of drug-likeness (QED) is 0.840. The van der Waals surface area contributed by atoms with Gasteiger partial charge in [0.1, 0.15) is 5.75 Å². The summed E-state index contributed by atoms with van der Waals surface area (Å²) >= 11 is 0. The van der Waals surface area contributed by atoms with Crippen LogP contribution in [0.2, 0.25) is 0 Å². The van der Waals surface area contributed by atoms with Gasteiger partial charge in [-0.1, -0.05) is 12.1 Å². The minimum atomic E-state index is -0.0316. The summed E-state index contributed by atoms with van der Waals surface area (Å²) in [5, 5.41) is 0. The van der Waals surface area contributed by atoms with Gasteiger partial charge in [-0.15, -0.1) is 0 Å². The van der Waals surface area contributed by atoms with Gasteiger partial charge in [-0.25, -0.2) is 0 Å². The van der Waals surface area contributed by atoms with Gasteiger partial charge in [-0.3, -0.25) is 4.79 Å². The summed E-state index contributed by atoms with van der Waals surface area (Å²) < 4.78 is 5.09. The van der Waals surface area contributed by atoms with Crippen LogP contribution in [0.3, 0.4) is 0 Å². The van der Waals surface area contributed by atoms with Crippen LogP contribution < -0.4 is 10.5 Å². The molecule has 0 fully saturated rings. The lowest BCUT2D eigenvalue weighted by molar-refractivity contribution is -0.132. The van der Waals surface area contributed by atoms with Crippen LogP contribution in [0, 0.1) is 0 Å². The number of carbonyl (C=O) groups is 1. The fraction of sp³-hybridized carbons (Fsp3) is 0.462. The molecule has 1 amide bonds. The molecule has 0 unspecified atom stereocenters. The predicted octanol–water partition coefficient (Wildman–Crippen LogP) is 1.39. The number of hydrogen-bond acceptors (Lipinski definition) is 3. The van der Waals surface area contributed by atoms with E-state index in [1.165, 1.54) is 0 Å². The van der Waals surface area contributed by atoms with Crippen LogP contribution in [0.15, 0.2) is 24.3 Å². The van der Waals surface area contributed by atoms with Crippen molar-refractivity contribution < 1.29 is 9.53 Å². The zero-order chi connectivity index (χ0) is 12.8. The number of amides is 1. The molecule has 0 aromatic heterocycles. The highest BCUT2D eigenvalue weighted by atomic mass is 16.5. The van der Waals surface area contributed by atoms with E-state index < -0.39 is 0 Å². The SMILES string of the molecule is COc1ccc(CN(C(=O)CN)C(C)C)cc1. The molecule has 1 aromatic rings. The van der Waals surface area contributed by atoms with Gasteiger partial charge in [0.15, 0.2) is 0 Å². The molecule has 0 saturated heterocycles. The molecule has 17 heavy (non-hydrogen) atoms. The summed E-state index contributed by atoms with van der Waals surface area (Å²) in [5.41, 5.74) is 6.47. The highest BCUT2D eigenvalue weighted by molar-refractivity contribution is 5.78. The highest BCUT2D eigenvalue weighted by Gasteiger charge is 2.15. The normalized spacial score (nSPS) is 10.4. The summed E-state index contributed by atoms with van der Waals surface area (Å²) in [6.07, 6.45) is 0. The topological polar surface area (TPSA) is 55.6 Å². The van der Waals surface area contributed by atoms with Gasteiger partial charge in [-0.2, -0.15) is 0 Å². The Morgan fingerprint density at radius 1 is 1.35 bits per heavy atom. The Morgan fingerprint density at radius 3 is 2.35 bits per heavy atom. The number of rotatable bonds is 5. The van der Waals surface area contributed by atoms with Crippen molar-refractivity contribution in [1.82, 2.24) is 4.90 Å². The Bertz CT molecular complexity index is 360. The zero-order valence-electron chi connectivity index (χ0n) is 10.6. The van der Waals surface area contributed by atoms with E-state index >= 15 is 0 Å². The van der Waals surface area contributed by atoms with E-state index in [9.17, 15) is 4.79 Å². The fourth-order valence-electron chi connectivity index (χ4n) is 1.60. The van der Waals surface area contributed by atoms with Gasteiger partial charge in [0.25, 0.3) is 0 Å². The van der Waals surface area contributed by atoms with Crippen molar-refractivity contribution in [2.75, 3.05) is 13.7 Å².